The van der Waals surface area contributed by atoms with Gasteiger partial charge in [-0.25, -0.2) is 4.98 Å². The molecule has 0 unspecified atom stereocenters. The van der Waals surface area contributed by atoms with Crippen LogP contribution in [0.15, 0.2) is 36.1 Å². The number of rotatable bonds is 3. The monoisotopic (exact) mass is 222 g/mol. The van der Waals surface area contributed by atoms with Crippen molar-refractivity contribution in [1.82, 2.24) is 9.55 Å². The normalized spacial score (nSPS) is 11.6. The van der Waals surface area contributed by atoms with Gasteiger partial charge in [-0.1, -0.05) is 17.7 Å². The maximum atomic E-state index is 9.19. The van der Waals surface area contributed by atoms with Crippen molar-refractivity contribution in [1.29, 1.82) is 0 Å². The van der Waals surface area contributed by atoms with E-state index < -0.39 is 0 Å². The van der Waals surface area contributed by atoms with Crippen LogP contribution in [0.5, 0.6) is 0 Å². The molecule has 0 amide bonds. The van der Waals surface area contributed by atoms with Gasteiger partial charge in [0.15, 0.2) is 0 Å². The predicted octanol–water partition coefficient (Wildman–Crippen LogP) is 2.28. The molecule has 78 valence electrons. The highest BCUT2D eigenvalue weighted by Crippen LogP contribution is 2.19. The molecule has 0 bridgehead atoms. The predicted molar refractivity (Wildman–Crippen MR) is 60.6 cm³/mol. The van der Waals surface area contributed by atoms with Gasteiger partial charge in [-0.2, -0.15) is 0 Å². The number of aliphatic hydroxyl groups excluding tert-OH is 1. The Hall–Kier alpha value is -1.32. The summed E-state index contributed by atoms with van der Waals surface area (Å²) in [5.41, 5.74) is 3.24. The highest BCUT2D eigenvalue weighted by atomic mass is 35.5. The fraction of sp³-hybridized carbons (Fsp3) is 0.182. The van der Waals surface area contributed by atoms with Crippen LogP contribution in [0.1, 0.15) is 5.56 Å². The molecule has 0 saturated carbocycles. The molecule has 15 heavy (non-hydrogen) atoms. The van der Waals surface area contributed by atoms with E-state index in [1.54, 1.807) is 6.20 Å². The van der Waals surface area contributed by atoms with Crippen LogP contribution in [-0.4, -0.2) is 14.7 Å². The summed E-state index contributed by atoms with van der Waals surface area (Å²) in [5, 5.41) is 10.2. The third-order valence-corrected chi connectivity index (χ3v) is 2.46. The molecule has 0 aliphatic carbocycles. The van der Waals surface area contributed by atoms with Crippen LogP contribution in [0.4, 0.5) is 0 Å². The van der Waals surface area contributed by atoms with Crippen LogP contribution in [0.2, 0.25) is 0 Å². The molecule has 2 aromatic heterocycles. The van der Waals surface area contributed by atoms with Crippen molar-refractivity contribution in [3.05, 3.63) is 41.7 Å². The number of hydrogen-bond acceptors (Lipinski definition) is 2. The van der Waals surface area contributed by atoms with Crippen LogP contribution < -0.4 is 0 Å². The zero-order valence-corrected chi connectivity index (χ0v) is 8.85. The lowest BCUT2D eigenvalue weighted by molar-refractivity contribution is 0.283. The van der Waals surface area contributed by atoms with Gasteiger partial charge < -0.3 is 9.67 Å². The quantitative estimate of drug-likeness (QED) is 0.865. The molecular weight excluding hydrogens is 212 g/mol. The average Bonchev–Trinajstić information content (AvgIpc) is 2.65. The van der Waals surface area contributed by atoms with Crippen molar-refractivity contribution in [3.8, 4) is 0 Å². The number of halogens is 1. The third kappa shape index (κ3) is 1.89. The molecule has 2 heterocycles. The van der Waals surface area contributed by atoms with Crippen LogP contribution in [0.3, 0.4) is 0 Å². The van der Waals surface area contributed by atoms with Gasteiger partial charge in [0.1, 0.15) is 5.65 Å². The first-order valence-corrected chi connectivity index (χ1v) is 5.09. The van der Waals surface area contributed by atoms with E-state index in [-0.39, 0.29) is 6.61 Å². The van der Waals surface area contributed by atoms with Gasteiger partial charge >= 0.3 is 0 Å². The second-order valence-electron chi connectivity index (χ2n) is 3.20. The summed E-state index contributed by atoms with van der Waals surface area (Å²) in [7, 11) is 0. The number of pyridine rings is 1. The van der Waals surface area contributed by atoms with Crippen LogP contribution >= 0.6 is 11.6 Å². The molecule has 1 N–H and O–H groups in total. The lowest BCUT2D eigenvalue weighted by Crippen LogP contribution is -1.93. The van der Waals surface area contributed by atoms with Gasteiger partial charge in [0.05, 0.1) is 6.61 Å². The van der Waals surface area contributed by atoms with Gasteiger partial charge in [-0.3, -0.25) is 0 Å². The number of nitrogens with zero attached hydrogens (tertiary/aromatic N) is 2. The fourth-order valence-electron chi connectivity index (χ4n) is 1.61. The Kier molecular flexibility index (Phi) is 3.04. The van der Waals surface area contributed by atoms with Crippen LogP contribution in [0.25, 0.3) is 11.0 Å². The Morgan fingerprint density at radius 1 is 1.53 bits per heavy atom. The molecule has 0 fully saturated rings. The zero-order chi connectivity index (χ0) is 10.7. The Bertz CT molecular complexity index is 490. The van der Waals surface area contributed by atoms with E-state index in [1.165, 1.54) is 5.54 Å². The molecule has 2 rings (SSSR count). The van der Waals surface area contributed by atoms with E-state index in [1.807, 2.05) is 29.0 Å². The van der Waals surface area contributed by atoms with Crippen molar-refractivity contribution < 1.29 is 5.11 Å². The molecule has 0 aromatic carbocycles. The van der Waals surface area contributed by atoms with Gasteiger partial charge in [0, 0.05) is 35.4 Å². The highest BCUT2D eigenvalue weighted by molar-refractivity contribution is 6.25. The molecular formula is C11H11ClN2O. The first-order valence-electron chi connectivity index (χ1n) is 4.65. The van der Waals surface area contributed by atoms with Crippen molar-refractivity contribution >= 4 is 22.6 Å². The Labute approximate surface area is 92.6 Å². The Morgan fingerprint density at radius 2 is 2.40 bits per heavy atom. The number of fused-ring (bicyclic) bond motifs is 1. The molecule has 2 aromatic rings. The molecule has 0 spiro atoms. The summed E-state index contributed by atoms with van der Waals surface area (Å²) < 4.78 is 1.96. The van der Waals surface area contributed by atoms with Gasteiger partial charge in [-0.05, 0) is 12.1 Å². The first-order chi connectivity index (χ1) is 7.36. The summed E-state index contributed by atoms with van der Waals surface area (Å²) in [6.07, 6.45) is 5.47. The lowest BCUT2D eigenvalue weighted by atomic mass is 10.2. The van der Waals surface area contributed by atoms with E-state index in [0.29, 0.717) is 6.54 Å². The maximum Gasteiger partial charge on any atom is 0.140 e. The van der Waals surface area contributed by atoms with Crippen molar-refractivity contribution in [3.63, 3.8) is 0 Å². The number of aliphatic hydroxyl groups is 1. The summed E-state index contributed by atoms with van der Waals surface area (Å²) >= 11 is 5.48. The van der Waals surface area contributed by atoms with Gasteiger partial charge in [0.2, 0.25) is 0 Å². The first kappa shape index (κ1) is 10.2. The van der Waals surface area contributed by atoms with E-state index in [2.05, 4.69) is 4.98 Å². The Morgan fingerprint density at radius 3 is 3.13 bits per heavy atom. The molecule has 0 aliphatic rings. The third-order valence-electron chi connectivity index (χ3n) is 2.28. The minimum Gasteiger partial charge on any atom is -0.392 e. The minimum absolute atomic E-state index is 0.0276. The molecule has 4 heteroatoms. The van der Waals surface area contributed by atoms with Crippen molar-refractivity contribution in [2.24, 2.45) is 0 Å². The highest BCUT2D eigenvalue weighted by Gasteiger charge is 2.06. The molecule has 0 radical (unpaired) electrons. The molecule has 0 saturated heterocycles. The van der Waals surface area contributed by atoms with Gasteiger partial charge in [-0.15, -0.1) is 0 Å². The standard InChI is InChI=1S/C11H11ClN2O/c12-4-2-6-14-7-9(8-15)10-3-1-5-13-11(10)14/h1-5,7,15H,6,8H2. The van der Waals surface area contributed by atoms with Crippen LogP contribution in [-0.2, 0) is 13.2 Å². The SMILES string of the molecule is OCc1cn(CC=CCl)c2ncccc12. The maximum absolute atomic E-state index is 9.19. The van der Waals surface area contributed by atoms with Crippen molar-refractivity contribution in [2.75, 3.05) is 0 Å². The second-order valence-corrected chi connectivity index (χ2v) is 3.45. The minimum atomic E-state index is 0.0276. The topological polar surface area (TPSA) is 38.0 Å². The van der Waals surface area contributed by atoms with E-state index >= 15 is 0 Å². The molecule has 0 aliphatic heterocycles. The second kappa shape index (κ2) is 4.47. The smallest absolute Gasteiger partial charge is 0.140 e. The number of aromatic nitrogens is 2. The zero-order valence-electron chi connectivity index (χ0n) is 8.10. The summed E-state index contributed by atoms with van der Waals surface area (Å²) in [5.74, 6) is 0. The summed E-state index contributed by atoms with van der Waals surface area (Å²) in [4.78, 5) is 4.28. The molecule has 3 nitrogen and oxygen atoms in total. The Balaban J connectivity index is 2.54. The van der Waals surface area contributed by atoms with E-state index in [0.717, 1.165) is 16.6 Å². The average molecular weight is 223 g/mol. The van der Waals surface area contributed by atoms with Gasteiger partial charge in [0.25, 0.3) is 0 Å². The van der Waals surface area contributed by atoms with Crippen LogP contribution in [0, 0.1) is 0 Å². The molecule has 0 atom stereocenters. The van der Waals surface area contributed by atoms with Crippen molar-refractivity contribution in [2.45, 2.75) is 13.2 Å². The van der Waals surface area contributed by atoms with E-state index in [9.17, 15) is 5.11 Å². The number of allylic oxidation sites excluding steroid dienone is 1. The summed E-state index contributed by atoms with van der Waals surface area (Å²) in [6.45, 7) is 0.691. The van der Waals surface area contributed by atoms with E-state index in [4.69, 9.17) is 11.6 Å². The lowest BCUT2D eigenvalue weighted by Gasteiger charge is -1.98. The largest absolute Gasteiger partial charge is 0.392 e. The summed E-state index contributed by atoms with van der Waals surface area (Å²) in [6, 6.07) is 3.82. The fourth-order valence-corrected chi connectivity index (χ4v) is 1.69. The number of hydrogen-bond donors (Lipinski definition) is 1.